The van der Waals surface area contributed by atoms with E-state index in [0.717, 1.165) is 23.4 Å². The van der Waals surface area contributed by atoms with Gasteiger partial charge in [0.2, 0.25) is 0 Å². The maximum atomic E-state index is 5.65. The Morgan fingerprint density at radius 3 is 2.71 bits per heavy atom. The van der Waals surface area contributed by atoms with E-state index in [-0.39, 0.29) is 0 Å². The lowest BCUT2D eigenvalue weighted by Gasteiger charge is -2.48. The van der Waals surface area contributed by atoms with Crippen molar-refractivity contribution in [3.63, 3.8) is 0 Å². The lowest BCUT2D eigenvalue weighted by molar-refractivity contribution is 0.184. The Morgan fingerprint density at radius 1 is 1.43 bits per heavy atom. The molecule has 2 aliphatic rings. The number of fused-ring (bicyclic) bond motifs is 1. The van der Waals surface area contributed by atoms with E-state index in [1.165, 1.54) is 34.0 Å². The third-order valence-electron chi connectivity index (χ3n) is 3.88. The quantitative estimate of drug-likeness (QED) is 0.428. The van der Waals surface area contributed by atoms with Gasteiger partial charge in [0, 0.05) is 6.04 Å². The van der Waals surface area contributed by atoms with Gasteiger partial charge in [0.25, 0.3) is 0 Å². The smallest absolute Gasteiger partial charge is 0.0245 e. The van der Waals surface area contributed by atoms with Crippen LogP contribution in [0.4, 0.5) is 0 Å². The zero-order chi connectivity index (χ0) is 10.1. The average molecular weight is 214 g/mol. The predicted molar refractivity (Wildman–Crippen MR) is 63.8 cm³/mol. The fourth-order valence-corrected chi connectivity index (χ4v) is 4.69. The van der Waals surface area contributed by atoms with E-state index in [9.17, 15) is 0 Å². The van der Waals surface area contributed by atoms with Crippen LogP contribution in [0.3, 0.4) is 0 Å². The molecular formula is C11H23N2P. The molecule has 82 valence electrons. The summed E-state index contributed by atoms with van der Waals surface area (Å²) in [6.07, 6.45) is 5.64. The van der Waals surface area contributed by atoms with E-state index in [1.54, 1.807) is 0 Å². The molecule has 0 aromatic rings. The minimum absolute atomic E-state index is 0.603. The molecule has 14 heavy (non-hydrogen) atoms. The van der Waals surface area contributed by atoms with Crippen molar-refractivity contribution in [2.75, 3.05) is 6.16 Å². The van der Waals surface area contributed by atoms with Crippen molar-refractivity contribution in [1.29, 1.82) is 0 Å². The van der Waals surface area contributed by atoms with Crippen LogP contribution in [0.5, 0.6) is 0 Å². The van der Waals surface area contributed by atoms with Crippen molar-refractivity contribution < 1.29 is 0 Å². The summed E-state index contributed by atoms with van der Waals surface area (Å²) in [6.45, 7) is 4.64. The molecule has 0 aromatic heterocycles. The van der Waals surface area contributed by atoms with Crippen molar-refractivity contribution >= 4 is 8.58 Å². The first-order valence-corrected chi connectivity index (χ1v) is 7.18. The highest BCUT2D eigenvalue weighted by atomic mass is 31.1. The number of hydrogen-bond donors (Lipinski definition) is 2. The summed E-state index contributed by atoms with van der Waals surface area (Å²) in [5.74, 6) is 8.37. The highest BCUT2D eigenvalue weighted by Gasteiger charge is 2.41. The van der Waals surface area contributed by atoms with Crippen molar-refractivity contribution in [2.24, 2.45) is 23.6 Å². The molecule has 2 rings (SSSR count). The number of nitrogens with two attached hydrogens (primary N) is 1. The lowest BCUT2D eigenvalue weighted by atomic mass is 9.74. The van der Waals surface area contributed by atoms with Gasteiger partial charge in [-0.25, -0.2) is 0 Å². The monoisotopic (exact) mass is 214 g/mol. The maximum Gasteiger partial charge on any atom is 0.0245 e. The zero-order valence-corrected chi connectivity index (χ0v) is 10.3. The van der Waals surface area contributed by atoms with Gasteiger partial charge in [0.15, 0.2) is 0 Å². The second-order valence-corrected chi connectivity index (χ2v) is 6.97. The van der Waals surface area contributed by atoms with Gasteiger partial charge in [-0.2, -0.15) is 0 Å². The molecule has 5 atom stereocenters. The number of nitrogens with one attached hydrogen (secondary N) is 1. The highest BCUT2D eigenvalue weighted by molar-refractivity contribution is 7.40. The van der Waals surface area contributed by atoms with Crippen LogP contribution < -0.4 is 11.3 Å². The van der Waals surface area contributed by atoms with Crippen LogP contribution in [0.2, 0.25) is 0 Å². The molecule has 1 heterocycles. The van der Waals surface area contributed by atoms with Crippen LogP contribution in [-0.2, 0) is 0 Å². The molecule has 0 radical (unpaired) electrons. The van der Waals surface area contributed by atoms with Crippen LogP contribution in [0.15, 0.2) is 0 Å². The molecule has 0 amide bonds. The maximum absolute atomic E-state index is 5.65. The van der Waals surface area contributed by atoms with Crippen LogP contribution in [-0.4, -0.2) is 17.9 Å². The van der Waals surface area contributed by atoms with Gasteiger partial charge in [-0.1, -0.05) is 13.8 Å². The van der Waals surface area contributed by atoms with Crippen molar-refractivity contribution in [2.45, 2.75) is 44.8 Å². The van der Waals surface area contributed by atoms with E-state index in [0.29, 0.717) is 6.04 Å². The van der Waals surface area contributed by atoms with Crippen molar-refractivity contribution in [1.82, 2.24) is 5.43 Å². The molecule has 1 aliphatic heterocycles. The van der Waals surface area contributed by atoms with Crippen LogP contribution in [0, 0.1) is 17.8 Å². The van der Waals surface area contributed by atoms with Gasteiger partial charge >= 0.3 is 0 Å². The van der Waals surface area contributed by atoms with E-state index >= 15 is 0 Å². The highest BCUT2D eigenvalue weighted by Crippen LogP contribution is 2.51. The zero-order valence-electron chi connectivity index (χ0n) is 9.29. The topological polar surface area (TPSA) is 38.0 Å². The Hall–Kier alpha value is 0.350. The van der Waals surface area contributed by atoms with Crippen molar-refractivity contribution in [3.05, 3.63) is 0 Å². The minimum atomic E-state index is 0.603. The summed E-state index contributed by atoms with van der Waals surface area (Å²) in [5, 5.41) is 0. The first kappa shape index (κ1) is 10.9. The number of rotatable bonds is 3. The van der Waals surface area contributed by atoms with Crippen molar-refractivity contribution in [3.8, 4) is 0 Å². The molecule has 2 nitrogen and oxygen atoms in total. The number of hydrogen-bond acceptors (Lipinski definition) is 2. The molecule has 1 aliphatic carbocycles. The molecule has 5 unspecified atom stereocenters. The average Bonchev–Trinajstić information content (AvgIpc) is 2.10. The standard InChI is InChI=1S/C11H23N2P/c1-7(2)3-8-4-9-6-14-11(9)5-10(8)13-12/h7-11,13-14H,3-6,12H2,1-2H3. The second-order valence-electron chi connectivity index (χ2n) is 5.41. The van der Waals surface area contributed by atoms with E-state index < -0.39 is 0 Å². The van der Waals surface area contributed by atoms with Gasteiger partial charge in [-0.05, 0) is 48.8 Å². The summed E-state index contributed by atoms with van der Waals surface area (Å²) >= 11 is 0. The molecular weight excluding hydrogens is 191 g/mol. The minimum Gasteiger partial charge on any atom is -0.271 e. The summed E-state index contributed by atoms with van der Waals surface area (Å²) in [5.41, 5.74) is 4.08. The third-order valence-corrected chi connectivity index (χ3v) is 5.87. The lowest BCUT2D eigenvalue weighted by Crippen LogP contribution is -2.51. The Balaban J connectivity index is 1.92. The molecule has 0 aromatic carbocycles. The normalized spacial score (nSPS) is 43.7. The van der Waals surface area contributed by atoms with Gasteiger partial charge < -0.3 is 0 Å². The van der Waals surface area contributed by atoms with Gasteiger partial charge in [-0.3, -0.25) is 11.3 Å². The predicted octanol–water partition coefficient (Wildman–Crippen LogP) is 1.95. The molecule has 2 fully saturated rings. The summed E-state index contributed by atoms with van der Waals surface area (Å²) in [6, 6.07) is 0.603. The largest absolute Gasteiger partial charge is 0.271 e. The van der Waals surface area contributed by atoms with E-state index in [4.69, 9.17) is 5.84 Å². The molecule has 3 heteroatoms. The Morgan fingerprint density at radius 2 is 2.21 bits per heavy atom. The molecule has 1 saturated heterocycles. The Bertz CT molecular complexity index is 196. The first-order chi connectivity index (χ1) is 6.70. The SMILES string of the molecule is CC(C)CC1CC2CPC2CC1NN. The van der Waals surface area contributed by atoms with E-state index in [2.05, 4.69) is 19.3 Å². The molecule has 3 N–H and O–H groups in total. The van der Waals surface area contributed by atoms with Crippen LogP contribution in [0.1, 0.15) is 33.1 Å². The van der Waals surface area contributed by atoms with Gasteiger partial charge in [0.1, 0.15) is 0 Å². The molecule has 1 saturated carbocycles. The summed E-state index contributed by atoms with van der Waals surface area (Å²) < 4.78 is 0. The fraction of sp³-hybridized carbons (Fsp3) is 1.00. The van der Waals surface area contributed by atoms with Crippen LogP contribution in [0.25, 0.3) is 0 Å². The van der Waals surface area contributed by atoms with E-state index in [1.807, 2.05) is 0 Å². The third kappa shape index (κ3) is 2.13. The fourth-order valence-electron chi connectivity index (χ4n) is 3.06. The second kappa shape index (κ2) is 4.47. The number of hydrazine groups is 1. The Labute approximate surface area is 89.2 Å². The van der Waals surface area contributed by atoms with Crippen LogP contribution >= 0.6 is 8.58 Å². The molecule has 0 spiro atoms. The van der Waals surface area contributed by atoms with Gasteiger partial charge in [-0.15, -0.1) is 8.58 Å². The van der Waals surface area contributed by atoms with Gasteiger partial charge in [0.05, 0.1) is 0 Å². The first-order valence-electron chi connectivity index (χ1n) is 5.90. The Kier molecular flexibility index (Phi) is 3.46. The summed E-state index contributed by atoms with van der Waals surface area (Å²) in [4.78, 5) is 0. The summed E-state index contributed by atoms with van der Waals surface area (Å²) in [7, 11) is 1.23. The molecule has 0 bridgehead atoms.